The Morgan fingerprint density at radius 1 is 1.45 bits per heavy atom. The molecular weight excluding hydrogens is 280 g/mol. The van der Waals surface area contributed by atoms with Gasteiger partial charge in [0, 0.05) is 18.9 Å². The number of fused-ring (bicyclic) bond motifs is 2. The van der Waals surface area contributed by atoms with Gasteiger partial charge >= 0.3 is 0 Å². The van der Waals surface area contributed by atoms with Crippen LogP contribution < -0.4 is 10.6 Å². The third kappa shape index (κ3) is 3.56. The van der Waals surface area contributed by atoms with Crippen molar-refractivity contribution in [3.05, 3.63) is 30.1 Å². The van der Waals surface area contributed by atoms with Gasteiger partial charge in [0.2, 0.25) is 0 Å². The van der Waals surface area contributed by atoms with E-state index in [2.05, 4.69) is 20.6 Å². The molecular formula is C16H24N4O2. The summed E-state index contributed by atoms with van der Waals surface area (Å²) < 4.78 is 5.86. The van der Waals surface area contributed by atoms with Crippen LogP contribution in [0.4, 0.5) is 0 Å². The summed E-state index contributed by atoms with van der Waals surface area (Å²) in [6.07, 6.45) is 6.80. The predicted octanol–water partition coefficient (Wildman–Crippen LogP) is 0.990. The van der Waals surface area contributed by atoms with E-state index >= 15 is 0 Å². The SMILES string of the molecule is CCNC(=NCC(O)c1ccncc1)NC1CC2CCC1O2. The second kappa shape index (κ2) is 7.07. The van der Waals surface area contributed by atoms with Gasteiger partial charge in [-0.25, -0.2) is 0 Å². The summed E-state index contributed by atoms with van der Waals surface area (Å²) in [6, 6.07) is 3.95. The van der Waals surface area contributed by atoms with Gasteiger partial charge in [0.15, 0.2) is 5.96 Å². The predicted molar refractivity (Wildman–Crippen MR) is 84.6 cm³/mol. The summed E-state index contributed by atoms with van der Waals surface area (Å²) in [5.74, 6) is 0.747. The summed E-state index contributed by atoms with van der Waals surface area (Å²) in [5.41, 5.74) is 0.831. The van der Waals surface area contributed by atoms with E-state index < -0.39 is 6.10 Å². The second-order valence-electron chi connectivity index (χ2n) is 5.88. The molecule has 0 radical (unpaired) electrons. The van der Waals surface area contributed by atoms with Gasteiger partial charge in [-0.05, 0) is 43.9 Å². The maximum atomic E-state index is 10.2. The van der Waals surface area contributed by atoms with Crippen molar-refractivity contribution in [1.82, 2.24) is 15.6 Å². The van der Waals surface area contributed by atoms with Gasteiger partial charge in [-0.15, -0.1) is 0 Å². The molecule has 0 saturated carbocycles. The molecule has 0 spiro atoms. The van der Waals surface area contributed by atoms with Gasteiger partial charge in [0.05, 0.1) is 30.9 Å². The fraction of sp³-hybridized carbons (Fsp3) is 0.625. The summed E-state index contributed by atoms with van der Waals surface area (Å²) in [5, 5.41) is 16.9. The molecule has 3 rings (SSSR count). The van der Waals surface area contributed by atoms with Crippen molar-refractivity contribution in [3.8, 4) is 0 Å². The molecule has 2 aliphatic heterocycles. The molecule has 2 saturated heterocycles. The number of aliphatic imine (C=N–C) groups is 1. The average Bonchev–Trinajstić information content (AvgIpc) is 3.16. The number of nitrogens with zero attached hydrogens (tertiary/aromatic N) is 2. The maximum absolute atomic E-state index is 10.2. The van der Waals surface area contributed by atoms with Crippen LogP contribution in [0.2, 0.25) is 0 Å². The van der Waals surface area contributed by atoms with Crippen LogP contribution in [0.1, 0.15) is 37.9 Å². The molecule has 2 bridgehead atoms. The summed E-state index contributed by atoms with van der Waals surface area (Å²) in [6.45, 7) is 3.15. The first-order chi connectivity index (χ1) is 10.8. The molecule has 6 heteroatoms. The Morgan fingerprint density at radius 2 is 2.27 bits per heavy atom. The standard InChI is InChI=1S/C16H24N4O2/c1-2-18-16(20-13-9-12-3-4-15(13)22-12)19-10-14(21)11-5-7-17-8-6-11/h5-8,12-15,21H,2-4,9-10H2,1H3,(H2,18,19,20). The molecule has 0 aliphatic carbocycles. The number of hydrogen-bond donors (Lipinski definition) is 3. The molecule has 1 aromatic heterocycles. The highest BCUT2D eigenvalue weighted by Gasteiger charge is 2.41. The molecule has 3 N–H and O–H groups in total. The van der Waals surface area contributed by atoms with Crippen LogP contribution in [-0.2, 0) is 4.74 Å². The third-order valence-electron chi connectivity index (χ3n) is 4.29. The second-order valence-corrected chi connectivity index (χ2v) is 5.88. The highest BCUT2D eigenvalue weighted by molar-refractivity contribution is 5.80. The lowest BCUT2D eigenvalue weighted by molar-refractivity contribution is 0.0992. The van der Waals surface area contributed by atoms with Crippen LogP contribution in [0.15, 0.2) is 29.5 Å². The van der Waals surface area contributed by atoms with Crippen molar-refractivity contribution in [1.29, 1.82) is 0 Å². The van der Waals surface area contributed by atoms with E-state index in [4.69, 9.17) is 4.74 Å². The van der Waals surface area contributed by atoms with E-state index in [0.29, 0.717) is 24.8 Å². The zero-order chi connectivity index (χ0) is 15.4. The van der Waals surface area contributed by atoms with Crippen molar-refractivity contribution < 1.29 is 9.84 Å². The van der Waals surface area contributed by atoms with Crippen LogP contribution in [-0.4, -0.2) is 47.4 Å². The van der Waals surface area contributed by atoms with Gasteiger partial charge in [-0.3, -0.25) is 9.98 Å². The first kappa shape index (κ1) is 15.2. The maximum Gasteiger partial charge on any atom is 0.191 e. The minimum Gasteiger partial charge on any atom is -0.386 e. The quantitative estimate of drug-likeness (QED) is 0.558. The highest BCUT2D eigenvalue weighted by Crippen LogP contribution is 2.34. The van der Waals surface area contributed by atoms with Crippen LogP contribution in [0, 0.1) is 0 Å². The molecule has 120 valence electrons. The smallest absolute Gasteiger partial charge is 0.191 e. The lowest BCUT2D eigenvalue weighted by Crippen LogP contribution is -2.47. The van der Waals surface area contributed by atoms with E-state index in [0.717, 1.165) is 30.9 Å². The van der Waals surface area contributed by atoms with Crippen molar-refractivity contribution in [2.75, 3.05) is 13.1 Å². The topological polar surface area (TPSA) is 78.8 Å². The lowest BCUT2D eigenvalue weighted by Gasteiger charge is -2.23. The molecule has 3 heterocycles. The van der Waals surface area contributed by atoms with Gasteiger partial charge < -0.3 is 20.5 Å². The average molecular weight is 304 g/mol. The van der Waals surface area contributed by atoms with Crippen molar-refractivity contribution in [2.24, 2.45) is 4.99 Å². The van der Waals surface area contributed by atoms with E-state index in [-0.39, 0.29) is 0 Å². The zero-order valence-electron chi connectivity index (χ0n) is 12.9. The number of nitrogens with one attached hydrogen (secondary N) is 2. The number of guanidine groups is 1. The van der Waals surface area contributed by atoms with E-state index in [1.54, 1.807) is 12.4 Å². The molecule has 4 atom stereocenters. The van der Waals surface area contributed by atoms with Crippen LogP contribution in [0.25, 0.3) is 0 Å². The Morgan fingerprint density at radius 3 is 2.91 bits per heavy atom. The first-order valence-electron chi connectivity index (χ1n) is 8.04. The van der Waals surface area contributed by atoms with Gasteiger partial charge in [-0.1, -0.05) is 0 Å². The summed E-state index contributed by atoms with van der Waals surface area (Å²) in [4.78, 5) is 8.46. The zero-order valence-corrected chi connectivity index (χ0v) is 12.9. The Kier molecular flexibility index (Phi) is 4.90. The Labute approximate surface area is 131 Å². The van der Waals surface area contributed by atoms with Crippen LogP contribution in [0.5, 0.6) is 0 Å². The van der Waals surface area contributed by atoms with Crippen LogP contribution in [0.3, 0.4) is 0 Å². The normalized spacial score (nSPS) is 28.6. The lowest BCUT2D eigenvalue weighted by atomic mass is 9.96. The fourth-order valence-electron chi connectivity index (χ4n) is 3.15. The van der Waals surface area contributed by atoms with Gasteiger partial charge in [0.1, 0.15) is 0 Å². The Hall–Kier alpha value is -1.66. The molecule has 6 nitrogen and oxygen atoms in total. The minimum atomic E-state index is -0.616. The van der Waals surface area contributed by atoms with E-state index in [9.17, 15) is 5.11 Å². The van der Waals surface area contributed by atoms with E-state index in [1.165, 1.54) is 6.42 Å². The van der Waals surface area contributed by atoms with E-state index in [1.807, 2.05) is 19.1 Å². The molecule has 2 fully saturated rings. The van der Waals surface area contributed by atoms with Gasteiger partial charge in [0.25, 0.3) is 0 Å². The van der Waals surface area contributed by atoms with Gasteiger partial charge in [-0.2, -0.15) is 0 Å². The number of hydrogen-bond acceptors (Lipinski definition) is 4. The van der Waals surface area contributed by atoms with Crippen molar-refractivity contribution in [2.45, 2.75) is 50.5 Å². The third-order valence-corrected chi connectivity index (χ3v) is 4.29. The minimum absolute atomic E-state index is 0.305. The number of ether oxygens (including phenoxy) is 1. The largest absolute Gasteiger partial charge is 0.386 e. The molecule has 1 aromatic rings. The Bertz CT molecular complexity index is 508. The molecule has 4 unspecified atom stereocenters. The number of aromatic nitrogens is 1. The fourth-order valence-corrected chi connectivity index (χ4v) is 3.15. The monoisotopic (exact) mass is 304 g/mol. The van der Waals surface area contributed by atoms with Crippen molar-refractivity contribution >= 4 is 5.96 Å². The number of aliphatic hydroxyl groups excluding tert-OH is 1. The summed E-state index contributed by atoms with van der Waals surface area (Å²) in [7, 11) is 0. The number of rotatable bonds is 5. The Balaban J connectivity index is 1.58. The molecule has 0 aromatic carbocycles. The van der Waals surface area contributed by atoms with Crippen molar-refractivity contribution in [3.63, 3.8) is 0 Å². The highest BCUT2D eigenvalue weighted by atomic mass is 16.5. The number of aliphatic hydroxyl groups is 1. The number of pyridine rings is 1. The first-order valence-corrected chi connectivity index (χ1v) is 8.04. The molecule has 22 heavy (non-hydrogen) atoms. The molecule has 2 aliphatic rings. The molecule has 0 amide bonds. The van der Waals surface area contributed by atoms with Crippen LogP contribution >= 0.6 is 0 Å². The summed E-state index contributed by atoms with van der Waals surface area (Å²) >= 11 is 0.